The minimum absolute atomic E-state index is 0.00289. The molecule has 6 bridgehead atoms. The maximum absolute atomic E-state index is 13.8. The van der Waals surface area contributed by atoms with Crippen LogP contribution in [-0.2, 0) is 38.1 Å². The molecule has 4 rings (SSSR count). The SMILES string of the molecule is COC(CC1OC(=O)CC(OC(N)=O)CC(C)CC(O)C(C)C(OC)c2coc(n2)-c2coc(n2)-c2coc(n2)/C=C\CC(O)C1C)C(C)CCC(=O)C(C)C(OC)C(C)/C=C/N(C)C=O. The van der Waals surface area contributed by atoms with E-state index in [9.17, 15) is 29.4 Å². The third-order valence-corrected chi connectivity index (χ3v) is 12.5. The fourth-order valence-corrected chi connectivity index (χ4v) is 8.39. The Morgan fingerprint density at radius 3 is 2.29 bits per heavy atom. The molecule has 2 amide bonds. The Hall–Kier alpha value is -5.21. The van der Waals surface area contributed by atoms with Gasteiger partial charge in [0.15, 0.2) is 11.4 Å². The largest absolute Gasteiger partial charge is 0.462 e. The van der Waals surface area contributed by atoms with Crippen molar-refractivity contribution >= 4 is 30.3 Å². The molecule has 0 saturated heterocycles. The van der Waals surface area contributed by atoms with E-state index in [1.165, 1.54) is 30.8 Å². The number of Topliss-reactive ketones (excluding diaryl/α,β-unsaturated/α-hetero) is 1. The topological polar surface area (TPSA) is 262 Å². The molecule has 4 N–H and O–H groups in total. The number of hydrogen-bond donors (Lipinski definition) is 3. The van der Waals surface area contributed by atoms with Gasteiger partial charge in [-0.1, -0.05) is 53.7 Å². The number of aromatic nitrogens is 3. The lowest BCUT2D eigenvalue weighted by molar-refractivity contribution is -0.159. The first-order valence-electron chi connectivity index (χ1n) is 22.4. The number of nitrogens with zero attached hydrogens (tertiary/aromatic N) is 4. The zero-order valence-electron chi connectivity index (χ0n) is 39.7. The lowest BCUT2D eigenvalue weighted by Crippen LogP contribution is -2.39. The number of primary amides is 1. The number of ketones is 1. The molecule has 66 heavy (non-hydrogen) atoms. The number of carbonyl (C=O) groups excluding carboxylic acids is 4. The normalized spacial score (nSPS) is 26.5. The zero-order chi connectivity index (χ0) is 48.7. The molecule has 0 spiro atoms. The van der Waals surface area contributed by atoms with Crippen molar-refractivity contribution in [3.63, 3.8) is 0 Å². The smallest absolute Gasteiger partial charge is 0.404 e. The lowest BCUT2D eigenvalue weighted by Gasteiger charge is -2.33. The van der Waals surface area contributed by atoms with Crippen LogP contribution in [0.1, 0.15) is 104 Å². The molecular weight excluding hydrogens is 859 g/mol. The summed E-state index contributed by atoms with van der Waals surface area (Å²) in [7, 11) is 6.22. The van der Waals surface area contributed by atoms with Gasteiger partial charge in [-0.25, -0.2) is 19.7 Å². The summed E-state index contributed by atoms with van der Waals surface area (Å²) < 4.78 is 46.0. The first-order chi connectivity index (χ1) is 31.4. The van der Waals surface area contributed by atoms with Gasteiger partial charge in [-0.05, 0) is 43.6 Å². The zero-order valence-corrected chi connectivity index (χ0v) is 39.7. The average Bonchev–Trinajstić information content (AvgIpc) is 4.08. The number of oxazole rings is 3. The maximum Gasteiger partial charge on any atom is 0.404 e. The van der Waals surface area contributed by atoms with E-state index in [-0.39, 0.29) is 79.7 Å². The molecule has 13 unspecified atom stereocenters. The number of methoxy groups -OCH3 is 3. The standard InChI is InChI=1S/C47H69N5O14/c1-26-18-32(65-47(48)58)20-42(57)66-40(21-39(59-8)27(2)14-15-37(55)30(5)43(60-9)28(3)16-17-52(7)25-53)29(4)36(54)12-11-13-41-49-34(23-62-41)45-51-35(24-64-45)46-50-33(22-63-46)44(61-10)31(6)38(56)19-26/h11,13,16-17,22-32,36,38-40,43-44,54,56H,12,14-15,18-21H2,1-10H3,(H2,48,58)/b13-11-,17-16+. The summed E-state index contributed by atoms with van der Waals surface area (Å²) in [5, 5.41) is 22.9. The quantitative estimate of drug-likeness (QED) is 0.102. The van der Waals surface area contributed by atoms with Gasteiger partial charge >= 0.3 is 12.1 Å². The molecule has 0 saturated carbocycles. The number of hydrogen-bond acceptors (Lipinski definition) is 17. The van der Waals surface area contributed by atoms with Gasteiger partial charge in [0.2, 0.25) is 24.1 Å². The van der Waals surface area contributed by atoms with Gasteiger partial charge in [-0.2, -0.15) is 0 Å². The van der Waals surface area contributed by atoms with Gasteiger partial charge in [0.25, 0.3) is 0 Å². The van der Waals surface area contributed by atoms with Gasteiger partial charge in [0.1, 0.15) is 48.6 Å². The van der Waals surface area contributed by atoms with Crippen molar-refractivity contribution in [2.24, 2.45) is 41.2 Å². The van der Waals surface area contributed by atoms with Gasteiger partial charge in [0, 0.05) is 71.1 Å². The van der Waals surface area contributed by atoms with Crippen LogP contribution in [0.4, 0.5) is 4.79 Å². The number of amides is 2. The Bertz CT molecular complexity index is 2050. The van der Waals surface area contributed by atoms with Crippen LogP contribution in [0.2, 0.25) is 0 Å². The number of esters is 1. The fourth-order valence-electron chi connectivity index (χ4n) is 8.39. The summed E-state index contributed by atoms with van der Waals surface area (Å²) in [5.74, 6) is -2.37. The molecule has 19 nitrogen and oxygen atoms in total. The Kier molecular flexibility index (Phi) is 20.7. The van der Waals surface area contributed by atoms with Crippen LogP contribution in [0.5, 0.6) is 0 Å². The van der Waals surface area contributed by atoms with Crippen molar-refractivity contribution in [2.45, 2.75) is 129 Å². The van der Waals surface area contributed by atoms with E-state index >= 15 is 0 Å². The van der Waals surface area contributed by atoms with E-state index in [1.54, 1.807) is 46.5 Å². The Morgan fingerprint density at radius 1 is 0.939 bits per heavy atom. The summed E-state index contributed by atoms with van der Waals surface area (Å²) in [6.45, 7) is 11.1. The Morgan fingerprint density at radius 2 is 1.62 bits per heavy atom. The van der Waals surface area contributed by atoms with E-state index in [2.05, 4.69) is 15.0 Å². The molecule has 3 aromatic heterocycles. The molecule has 13 atom stereocenters. The molecule has 1 aliphatic heterocycles. The first-order valence-corrected chi connectivity index (χ1v) is 22.4. The number of fused-ring (bicyclic) bond motifs is 8. The van der Waals surface area contributed by atoms with Crippen molar-refractivity contribution in [1.82, 2.24) is 19.9 Å². The van der Waals surface area contributed by atoms with Crippen molar-refractivity contribution in [2.75, 3.05) is 28.4 Å². The van der Waals surface area contributed by atoms with Crippen LogP contribution >= 0.6 is 0 Å². The number of ether oxygens (including phenoxy) is 5. The van der Waals surface area contributed by atoms with Crippen molar-refractivity contribution in [3.8, 4) is 23.2 Å². The number of cyclic esters (lactones) is 1. The Labute approximate surface area is 386 Å². The highest BCUT2D eigenvalue weighted by Gasteiger charge is 2.35. The molecule has 19 heteroatoms. The second-order valence-electron chi connectivity index (χ2n) is 17.7. The predicted molar refractivity (Wildman–Crippen MR) is 240 cm³/mol. The maximum atomic E-state index is 13.8. The van der Waals surface area contributed by atoms with Gasteiger partial charge < -0.3 is 57.8 Å². The van der Waals surface area contributed by atoms with Crippen LogP contribution < -0.4 is 5.73 Å². The minimum Gasteiger partial charge on any atom is -0.462 e. The van der Waals surface area contributed by atoms with Crippen LogP contribution in [0, 0.1) is 35.5 Å². The molecule has 366 valence electrons. The summed E-state index contributed by atoms with van der Waals surface area (Å²) >= 11 is 0. The van der Waals surface area contributed by atoms with Gasteiger partial charge in [0.05, 0.1) is 30.8 Å². The monoisotopic (exact) mass is 927 g/mol. The van der Waals surface area contributed by atoms with E-state index in [4.69, 9.17) is 42.7 Å². The van der Waals surface area contributed by atoms with Gasteiger partial charge in [-0.3, -0.25) is 14.4 Å². The summed E-state index contributed by atoms with van der Waals surface area (Å²) in [4.78, 5) is 65.4. The fraction of sp³-hybridized carbons (Fsp3) is 0.638. The van der Waals surface area contributed by atoms with Crippen LogP contribution in [-0.4, -0.2) is 119 Å². The van der Waals surface area contributed by atoms with Crippen LogP contribution in [0.3, 0.4) is 0 Å². The molecule has 0 fully saturated rings. The van der Waals surface area contributed by atoms with E-state index in [0.717, 1.165) is 0 Å². The lowest BCUT2D eigenvalue weighted by atomic mass is 9.84. The summed E-state index contributed by atoms with van der Waals surface area (Å²) in [6, 6.07) is 0. The summed E-state index contributed by atoms with van der Waals surface area (Å²) in [5.41, 5.74) is 6.48. The van der Waals surface area contributed by atoms with Crippen molar-refractivity contribution in [1.29, 1.82) is 0 Å². The summed E-state index contributed by atoms with van der Waals surface area (Å²) in [6.07, 6.45) is 6.09. The Balaban J connectivity index is 1.58. The third kappa shape index (κ3) is 15.2. The first kappa shape index (κ1) is 53.4. The van der Waals surface area contributed by atoms with Gasteiger partial charge in [-0.15, -0.1) is 0 Å². The van der Waals surface area contributed by atoms with Crippen molar-refractivity contribution < 1.29 is 66.3 Å². The van der Waals surface area contributed by atoms with E-state index in [0.29, 0.717) is 29.9 Å². The highest BCUT2D eigenvalue weighted by molar-refractivity contribution is 5.81. The second kappa shape index (κ2) is 25.6. The molecule has 0 aromatic carbocycles. The number of rotatable bonds is 16. The molecule has 1 aliphatic rings. The van der Waals surface area contributed by atoms with Crippen LogP contribution in [0.25, 0.3) is 29.2 Å². The number of carbonyl (C=O) groups is 4. The molecule has 3 aromatic rings. The molecular formula is C47H69N5O14. The van der Waals surface area contributed by atoms with E-state index in [1.807, 2.05) is 40.7 Å². The molecule has 4 heterocycles. The molecule has 0 radical (unpaired) electrons. The predicted octanol–water partition coefficient (Wildman–Crippen LogP) is 6.54. The molecule has 0 aliphatic carbocycles. The number of aliphatic hydroxyl groups is 2. The van der Waals surface area contributed by atoms with Crippen molar-refractivity contribution in [3.05, 3.63) is 48.7 Å². The number of aliphatic hydroxyl groups excluding tert-OH is 2. The minimum atomic E-state index is -1.07. The number of nitrogens with two attached hydrogens (primary N) is 1. The van der Waals surface area contributed by atoms with Crippen LogP contribution in [0.15, 0.2) is 50.4 Å². The van der Waals surface area contributed by atoms with E-state index < -0.39 is 72.5 Å². The second-order valence-corrected chi connectivity index (χ2v) is 17.7. The highest BCUT2D eigenvalue weighted by Crippen LogP contribution is 2.34. The third-order valence-electron chi connectivity index (χ3n) is 12.5. The average molecular weight is 928 g/mol. The highest BCUT2D eigenvalue weighted by atomic mass is 16.6.